The van der Waals surface area contributed by atoms with Crippen LogP contribution in [0.4, 0.5) is 17.2 Å². The molecule has 0 unspecified atom stereocenters. The molecule has 0 saturated carbocycles. The zero-order chi connectivity index (χ0) is 18.1. The van der Waals surface area contributed by atoms with Crippen LogP contribution in [-0.4, -0.2) is 22.4 Å². The van der Waals surface area contributed by atoms with Gasteiger partial charge in [0.2, 0.25) is 0 Å². The van der Waals surface area contributed by atoms with Crippen molar-refractivity contribution in [2.75, 3.05) is 16.8 Å². The molecule has 0 atom stereocenters. The van der Waals surface area contributed by atoms with Crippen LogP contribution >= 0.6 is 11.6 Å². The second kappa shape index (κ2) is 6.77. The standard InChI is InChI=1S/C20H17ClN4O/c1-13-6-7-15(21)10-16(13)24-20(26)17-11-19(23-12-22-17)25-9-8-14-4-2-3-5-18(14)25/h2-7,10-12H,8-9H2,1H3,(H,24,26). The Morgan fingerprint density at radius 2 is 2.00 bits per heavy atom. The lowest BCUT2D eigenvalue weighted by Gasteiger charge is -2.18. The highest BCUT2D eigenvalue weighted by Crippen LogP contribution is 2.33. The first kappa shape index (κ1) is 16.5. The van der Waals surface area contributed by atoms with E-state index in [0.717, 1.165) is 30.0 Å². The van der Waals surface area contributed by atoms with Gasteiger partial charge in [0.1, 0.15) is 17.8 Å². The maximum atomic E-state index is 12.6. The molecule has 2 heterocycles. The Hall–Kier alpha value is -2.92. The van der Waals surface area contributed by atoms with Gasteiger partial charge in [-0.3, -0.25) is 4.79 Å². The maximum absolute atomic E-state index is 12.6. The number of hydrogen-bond acceptors (Lipinski definition) is 4. The molecule has 26 heavy (non-hydrogen) atoms. The number of hydrogen-bond donors (Lipinski definition) is 1. The highest BCUT2D eigenvalue weighted by Gasteiger charge is 2.22. The van der Waals surface area contributed by atoms with E-state index >= 15 is 0 Å². The van der Waals surface area contributed by atoms with Crippen LogP contribution in [0.3, 0.4) is 0 Å². The van der Waals surface area contributed by atoms with Crippen molar-refractivity contribution in [2.45, 2.75) is 13.3 Å². The number of fused-ring (bicyclic) bond motifs is 1. The largest absolute Gasteiger partial charge is 0.326 e. The monoisotopic (exact) mass is 364 g/mol. The van der Waals surface area contributed by atoms with Crippen molar-refractivity contribution in [3.8, 4) is 0 Å². The predicted octanol–water partition coefficient (Wildman–Crippen LogP) is 4.38. The second-order valence-corrected chi connectivity index (χ2v) is 6.64. The van der Waals surface area contributed by atoms with Gasteiger partial charge in [-0.2, -0.15) is 0 Å². The van der Waals surface area contributed by atoms with Crippen LogP contribution in [0.2, 0.25) is 5.02 Å². The molecule has 0 spiro atoms. The topological polar surface area (TPSA) is 58.1 Å². The van der Waals surface area contributed by atoms with E-state index in [2.05, 4.69) is 32.3 Å². The minimum Gasteiger partial charge on any atom is -0.326 e. The van der Waals surface area contributed by atoms with Gasteiger partial charge in [0.05, 0.1) is 0 Å². The van der Waals surface area contributed by atoms with Gasteiger partial charge in [-0.25, -0.2) is 9.97 Å². The lowest BCUT2D eigenvalue weighted by Crippen LogP contribution is -2.18. The maximum Gasteiger partial charge on any atom is 0.274 e. The first-order valence-electron chi connectivity index (χ1n) is 8.37. The van der Waals surface area contributed by atoms with Gasteiger partial charge in [0.15, 0.2) is 0 Å². The molecule has 0 radical (unpaired) electrons. The van der Waals surface area contributed by atoms with E-state index in [9.17, 15) is 4.79 Å². The predicted molar refractivity (Wildman–Crippen MR) is 103 cm³/mol. The molecule has 1 amide bonds. The number of nitrogens with one attached hydrogen (secondary N) is 1. The zero-order valence-corrected chi connectivity index (χ0v) is 15.0. The molecular weight excluding hydrogens is 348 g/mol. The van der Waals surface area contributed by atoms with E-state index in [1.54, 1.807) is 18.2 Å². The van der Waals surface area contributed by atoms with E-state index in [1.807, 2.05) is 25.1 Å². The number of nitrogens with zero attached hydrogens (tertiary/aromatic N) is 3. The number of benzene rings is 2. The van der Waals surface area contributed by atoms with Crippen LogP contribution in [0.1, 0.15) is 21.6 Å². The molecule has 0 fully saturated rings. The first-order valence-corrected chi connectivity index (χ1v) is 8.74. The van der Waals surface area contributed by atoms with Gasteiger partial charge in [-0.15, -0.1) is 0 Å². The van der Waals surface area contributed by atoms with E-state index < -0.39 is 0 Å². The molecule has 0 bridgehead atoms. The number of anilines is 3. The van der Waals surface area contributed by atoms with Crippen molar-refractivity contribution in [3.05, 3.63) is 76.7 Å². The molecule has 0 aliphatic carbocycles. The van der Waals surface area contributed by atoms with Crippen LogP contribution in [0.25, 0.3) is 0 Å². The second-order valence-electron chi connectivity index (χ2n) is 6.21. The Bertz CT molecular complexity index is 989. The number of para-hydroxylation sites is 1. The Labute approximate surface area is 156 Å². The molecule has 0 saturated heterocycles. The molecule has 4 rings (SSSR count). The number of carbonyl (C=O) groups excluding carboxylic acids is 1. The summed E-state index contributed by atoms with van der Waals surface area (Å²) in [5, 5.41) is 3.44. The van der Waals surface area contributed by atoms with Gasteiger partial charge >= 0.3 is 0 Å². The number of aromatic nitrogens is 2. The SMILES string of the molecule is Cc1ccc(Cl)cc1NC(=O)c1cc(N2CCc3ccccc32)ncn1. The van der Waals surface area contributed by atoms with Crippen LogP contribution in [0, 0.1) is 6.92 Å². The number of carbonyl (C=O) groups is 1. The quantitative estimate of drug-likeness (QED) is 0.749. The average molecular weight is 365 g/mol. The Morgan fingerprint density at radius 3 is 2.88 bits per heavy atom. The molecule has 1 N–H and O–H groups in total. The highest BCUT2D eigenvalue weighted by atomic mass is 35.5. The van der Waals surface area contributed by atoms with Crippen molar-refractivity contribution in [2.24, 2.45) is 0 Å². The third kappa shape index (κ3) is 3.13. The first-order chi connectivity index (χ1) is 12.6. The molecule has 1 aliphatic rings. The van der Waals surface area contributed by atoms with Gasteiger partial charge in [-0.05, 0) is 42.7 Å². The normalized spacial score (nSPS) is 12.8. The summed E-state index contributed by atoms with van der Waals surface area (Å²) in [7, 11) is 0. The summed E-state index contributed by atoms with van der Waals surface area (Å²) in [6, 6.07) is 15.3. The van der Waals surface area contributed by atoms with Crippen LogP contribution in [-0.2, 0) is 6.42 Å². The fourth-order valence-electron chi connectivity index (χ4n) is 3.11. The fourth-order valence-corrected chi connectivity index (χ4v) is 3.28. The van der Waals surface area contributed by atoms with Crippen LogP contribution in [0.15, 0.2) is 54.9 Å². The van der Waals surface area contributed by atoms with Gasteiger partial charge in [0, 0.05) is 29.0 Å². The number of aryl methyl sites for hydroxylation is 1. The third-order valence-electron chi connectivity index (χ3n) is 4.50. The summed E-state index contributed by atoms with van der Waals surface area (Å²) in [5.74, 6) is 0.435. The fraction of sp³-hybridized carbons (Fsp3) is 0.150. The summed E-state index contributed by atoms with van der Waals surface area (Å²) in [6.07, 6.45) is 2.39. The van der Waals surface area contributed by atoms with E-state index in [-0.39, 0.29) is 5.91 Å². The van der Waals surface area contributed by atoms with Crippen LogP contribution < -0.4 is 10.2 Å². The number of amides is 1. The summed E-state index contributed by atoms with van der Waals surface area (Å²) < 4.78 is 0. The Morgan fingerprint density at radius 1 is 1.15 bits per heavy atom. The van der Waals surface area contributed by atoms with E-state index in [4.69, 9.17) is 11.6 Å². The molecule has 5 nitrogen and oxygen atoms in total. The summed E-state index contributed by atoms with van der Waals surface area (Å²) in [5.41, 5.74) is 4.34. The summed E-state index contributed by atoms with van der Waals surface area (Å²) in [4.78, 5) is 23.2. The van der Waals surface area contributed by atoms with Crippen molar-refractivity contribution in [1.29, 1.82) is 0 Å². The average Bonchev–Trinajstić information content (AvgIpc) is 3.09. The molecular formula is C20H17ClN4O. The minimum atomic E-state index is -0.286. The highest BCUT2D eigenvalue weighted by molar-refractivity contribution is 6.31. The van der Waals surface area contributed by atoms with Crippen molar-refractivity contribution in [3.63, 3.8) is 0 Å². The zero-order valence-electron chi connectivity index (χ0n) is 14.2. The summed E-state index contributed by atoms with van der Waals surface area (Å²) in [6.45, 7) is 2.75. The van der Waals surface area contributed by atoms with Gasteiger partial charge in [0.25, 0.3) is 5.91 Å². The molecule has 130 valence electrons. The van der Waals surface area contributed by atoms with Crippen molar-refractivity contribution in [1.82, 2.24) is 9.97 Å². The van der Waals surface area contributed by atoms with Crippen molar-refractivity contribution < 1.29 is 4.79 Å². The summed E-state index contributed by atoms with van der Waals surface area (Å²) >= 11 is 6.02. The van der Waals surface area contributed by atoms with E-state index in [0.29, 0.717) is 16.4 Å². The molecule has 1 aliphatic heterocycles. The number of halogens is 1. The lowest BCUT2D eigenvalue weighted by atomic mass is 10.2. The molecule has 6 heteroatoms. The molecule has 1 aromatic heterocycles. The molecule has 2 aromatic carbocycles. The van der Waals surface area contributed by atoms with Gasteiger partial charge < -0.3 is 10.2 Å². The Balaban J connectivity index is 1.60. The minimum absolute atomic E-state index is 0.286. The number of rotatable bonds is 3. The molecule has 3 aromatic rings. The lowest BCUT2D eigenvalue weighted by molar-refractivity contribution is 0.102. The smallest absolute Gasteiger partial charge is 0.274 e. The third-order valence-corrected chi connectivity index (χ3v) is 4.73. The van der Waals surface area contributed by atoms with Gasteiger partial charge in [-0.1, -0.05) is 35.9 Å². The van der Waals surface area contributed by atoms with E-state index in [1.165, 1.54) is 11.9 Å². The van der Waals surface area contributed by atoms with Crippen molar-refractivity contribution >= 4 is 34.7 Å². The Kier molecular flexibility index (Phi) is 4.31. The van der Waals surface area contributed by atoms with Crippen LogP contribution in [0.5, 0.6) is 0 Å².